The zero-order valence-electron chi connectivity index (χ0n) is 14.1. The molecule has 0 radical (unpaired) electrons. The Morgan fingerprint density at radius 3 is 2.62 bits per heavy atom. The predicted octanol–water partition coefficient (Wildman–Crippen LogP) is 4.26. The van der Waals surface area contributed by atoms with Gasteiger partial charge < -0.3 is 9.64 Å². The molecule has 1 heterocycles. The molecule has 2 rings (SSSR count). The van der Waals surface area contributed by atoms with Gasteiger partial charge in [-0.25, -0.2) is 0 Å². The maximum Gasteiger partial charge on any atom is 0.150 e. The van der Waals surface area contributed by atoms with Crippen molar-refractivity contribution in [3.8, 4) is 5.75 Å². The lowest BCUT2D eigenvalue weighted by Crippen LogP contribution is -2.50. The lowest BCUT2D eigenvalue weighted by Gasteiger charge is -2.48. The maximum absolute atomic E-state index is 11.2. The molecule has 1 aliphatic rings. The van der Waals surface area contributed by atoms with E-state index in [4.69, 9.17) is 4.74 Å². The van der Waals surface area contributed by atoms with Gasteiger partial charge in [0, 0.05) is 17.6 Å². The van der Waals surface area contributed by atoms with E-state index in [1.54, 1.807) is 7.11 Å². The molecule has 0 saturated carbocycles. The quantitative estimate of drug-likeness (QED) is 0.776. The number of fused-ring (bicyclic) bond motifs is 1. The Hall–Kier alpha value is -1.51. The standard InChI is InChI=1S/C18H27NO2/c1-12(2)10-19-17-15(13(3)9-18(19,4)5)7-14(11-20)8-16(17)21-6/h7-8,11-13H,9-10H2,1-6H3/t13-/m1/s1. The third-order valence-electron chi connectivity index (χ3n) is 4.37. The summed E-state index contributed by atoms with van der Waals surface area (Å²) in [6.07, 6.45) is 1.99. The Morgan fingerprint density at radius 1 is 1.43 bits per heavy atom. The minimum absolute atomic E-state index is 0.0899. The molecule has 0 aromatic heterocycles. The van der Waals surface area contributed by atoms with Gasteiger partial charge in [0.2, 0.25) is 0 Å². The number of carbonyl (C=O) groups is 1. The third-order valence-corrected chi connectivity index (χ3v) is 4.37. The second-order valence-corrected chi connectivity index (χ2v) is 7.20. The monoisotopic (exact) mass is 289 g/mol. The first-order valence-electron chi connectivity index (χ1n) is 7.75. The summed E-state index contributed by atoms with van der Waals surface area (Å²) >= 11 is 0. The van der Waals surface area contributed by atoms with Gasteiger partial charge in [-0.1, -0.05) is 20.8 Å². The summed E-state index contributed by atoms with van der Waals surface area (Å²) in [6.45, 7) is 12.3. The molecule has 21 heavy (non-hydrogen) atoms. The molecule has 1 aromatic carbocycles. The lowest BCUT2D eigenvalue weighted by atomic mass is 9.79. The fraction of sp³-hybridized carbons (Fsp3) is 0.611. The van der Waals surface area contributed by atoms with E-state index in [0.29, 0.717) is 17.4 Å². The fourth-order valence-electron chi connectivity index (χ4n) is 3.52. The molecule has 3 nitrogen and oxygen atoms in total. The zero-order chi connectivity index (χ0) is 15.8. The van der Waals surface area contributed by atoms with Crippen molar-refractivity contribution in [2.45, 2.75) is 52.5 Å². The highest BCUT2D eigenvalue weighted by Crippen LogP contribution is 2.48. The Bertz CT molecular complexity index is 534. The van der Waals surface area contributed by atoms with Crippen LogP contribution >= 0.6 is 0 Å². The summed E-state index contributed by atoms with van der Waals surface area (Å²) in [4.78, 5) is 13.6. The summed E-state index contributed by atoms with van der Waals surface area (Å²) in [5.41, 5.74) is 3.19. The fourth-order valence-corrected chi connectivity index (χ4v) is 3.52. The predicted molar refractivity (Wildman–Crippen MR) is 87.7 cm³/mol. The summed E-state index contributed by atoms with van der Waals surface area (Å²) in [6, 6.07) is 3.88. The van der Waals surface area contributed by atoms with Crippen LogP contribution in [-0.2, 0) is 0 Å². The molecular weight excluding hydrogens is 262 g/mol. The number of rotatable bonds is 4. The summed E-state index contributed by atoms with van der Waals surface area (Å²) < 4.78 is 5.61. The van der Waals surface area contributed by atoms with E-state index < -0.39 is 0 Å². The van der Waals surface area contributed by atoms with Crippen molar-refractivity contribution in [3.05, 3.63) is 23.3 Å². The van der Waals surface area contributed by atoms with Crippen molar-refractivity contribution in [2.75, 3.05) is 18.6 Å². The Balaban J connectivity index is 2.65. The van der Waals surface area contributed by atoms with E-state index in [2.05, 4.69) is 39.5 Å². The number of aldehydes is 1. The van der Waals surface area contributed by atoms with Crippen LogP contribution in [0.15, 0.2) is 12.1 Å². The molecule has 0 unspecified atom stereocenters. The van der Waals surface area contributed by atoms with E-state index >= 15 is 0 Å². The molecule has 0 aliphatic carbocycles. The van der Waals surface area contributed by atoms with Crippen LogP contribution < -0.4 is 9.64 Å². The summed E-state index contributed by atoms with van der Waals surface area (Å²) in [5.74, 6) is 1.81. The largest absolute Gasteiger partial charge is 0.495 e. The number of benzene rings is 1. The van der Waals surface area contributed by atoms with Crippen LogP contribution in [0, 0.1) is 5.92 Å². The van der Waals surface area contributed by atoms with Crippen molar-refractivity contribution in [1.29, 1.82) is 0 Å². The van der Waals surface area contributed by atoms with Crippen molar-refractivity contribution in [3.63, 3.8) is 0 Å². The molecule has 1 aliphatic heterocycles. The van der Waals surface area contributed by atoms with E-state index in [1.165, 1.54) is 11.3 Å². The molecule has 0 spiro atoms. The lowest BCUT2D eigenvalue weighted by molar-refractivity contribution is 0.112. The Kier molecular flexibility index (Phi) is 4.31. The van der Waals surface area contributed by atoms with Crippen molar-refractivity contribution >= 4 is 12.0 Å². The van der Waals surface area contributed by atoms with Crippen LogP contribution in [0.4, 0.5) is 5.69 Å². The third kappa shape index (κ3) is 2.92. The van der Waals surface area contributed by atoms with Crippen LogP contribution in [0.3, 0.4) is 0 Å². The molecule has 0 N–H and O–H groups in total. The first-order chi connectivity index (χ1) is 9.80. The number of hydrogen-bond acceptors (Lipinski definition) is 3. The average Bonchev–Trinajstić information content (AvgIpc) is 2.41. The molecule has 0 amide bonds. The smallest absolute Gasteiger partial charge is 0.150 e. The first-order valence-corrected chi connectivity index (χ1v) is 7.75. The van der Waals surface area contributed by atoms with Gasteiger partial charge in [0.15, 0.2) is 0 Å². The molecule has 0 saturated heterocycles. The van der Waals surface area contributed by atoms with Gasteiger partial charge in [0.1, 0.15) is 12.0 Å². The molecule has 1 atom stereocenters. The highest BCUT2D eigenvalue weighted by molar-refractivity contribution is 5.81. The van der Waals surface area contributed by atoms with Gasteiger partial charge in [0.05, 0.1) is 12.8 Å². The highest BCUT2D eigenvalue weighted by Gasteiger charge is 2.38. The topological polar surface area (TPSA) is 29.5 Å². The number of methoxy groups -OCH3 is 1. The van der Waals surface area contributed by atoms with Crippen LogP contribution in [0.2, 0.25) is 0 Å². The van der Waals surface area contributed by atoms with Crippen molar-refractivity contribution < 1.29 is 9.53 Å². The number of hydrogen-bond donors (Lipinski definition) is 0. The number of ether oxygens (including phenoxy) is 1. The minimum atomic E-state index is 0.0899. The van der Waals surface area contributed by atoms with E-state index in [1.807, 2.05) is 12.1 Å². The number of nitrogens with zero attached hydrogens (tertiary/aromatic N) is 1. The SMILES string of the molecule is COc1cc(C=O)cc2c1N(CC(C)C)C(C)(C)C[C@H]2C. The Morgan fingerprint density at radius 2 is 2.10 bits per heavy atom. The van der Waals surface area contributed by atoms with Crippen LogP contribution in [0.25, 0.3) is 0 Å². The van der Waals surface area contributed by atoms with E-state index in [-0.39, 0.29) is 5.54 Å². The van der Waals surface area contributed by atoms with Gasteiger partial charge in [-0.15, -0.1) is 0 Å². The van der Waals surface area contributed by atoms with E-state index in [9.17, 15) is 4.79 Å². The summed E-state index contributed by atoms with van der Waals surface area (Å²) in [7, 11) is 1.68. The first kappa shape index (κ1) is 15.9. The molecule has 0 fully saturated rings. The molecular formula is C18H27NO2. The molecule has 0 bridgehead atoms. The van der Waals surface area contributed by atoms with Gasteiger partial charge in [-0.2, -0.15) is 0 Å². The molecule has 116 valence electrons. The average molecular weight is 289 g/mol. The van der Waals surface area contributed by atoms with Crippen LogP contribution in [0.5, 0.6) is 5.75 Å². The van der Waals surface area contributed by atoms with Gasteiger partial charge in [-0.05, 0) is 49.8 Å². The van der Waals surface area contributed by atoms with Crippen LogP contribution in [0.1, 0.15) is 62.9 Å². The molecule has 3 heteroatoms. The highest BCUT2D eigenvalue weighted by atomic mass is 16.5. The maximum atomic E-state index is 11.2. The minimum Gasteiger partial charge on any atom is -0.495 e. The van der Waals surface area contributed by atoms with Gasteiger partial charge in [0.25, 0.3) is 0 Å². The van der Waals surface area contributed by atoms with Gasteiger partial charge in [-0.3, -0.25) is 4.79 Å². The van der Waals surface area contributed by atoms with E-state index in [0.717, 1.165) is 25.0 Å². The second-order valence-electron chi connectivity index (χ2n) is 7.20. The summed E-state index contributed by atoms with van der Waals surface area (Å²) in [5, 5.41) is 0. The number of carbonyl (C=O) groups excluding carboxylic acids is 1. The Labute approximate surface area is 128 Å². The second kappa shape index (κ2) is 5.70. The van der Waals surface area contributed by atoms with Gasteiger partial charge >= 0.3 is 0 Å². The number of anilines is 1. The van der Waals surface area contributed by atoms with Crippen molar-refractivity contribution in [1.82, 2.24) is 0 Å². The normalized spacial score (nSPS) is 20.3. The van der Waals surface area contributed by atoms with Crippen LogP contribution in [-0.4, -0.2) is 25.5 Å². The molecule has 1 aromatic rings. The zero-order valence-corrected chi connectivity index (χ0v) is 14.1. The van der Waals surface area contributed by atoms with Crippen molar-refractivity contribution in [2.24, 2.45) is 5.92 Å².